The number of Topliss-reactive ketones (excluding diaryl/α,β-unsaturated/α-hetero) is 1. The molecule has 2 atom stereocenters. The fourth-order valence-corrected chi connectivity index (χ4v) is 3.46. The van der Waals surface area contributed by atoms with E-state index in [1.54, 1.807) is 31.7 Å². The molecule has 0 bridgehead atoms. The molecule has 3 aliphatic heterocycles. The molecular formula is C18H21NO5. The van der Waals surface area contributed by atoms with Crippen LogP contribution in [0, 0.1) is 0 Å². The maximum Gasteiger partial charge on any atom is 0.344 e. The van der Waals surface area contributed by atoms with Gasteiger partial charge in [0.05, 0.1) is 18.7 Å². The number of hydrogen-bond donors (Lipinski definition) is 0. The molecule has 1 fully saturated rings. The average molecular weight is 331 g/mol. The summed E-state index contributed by atoms with van der Waals surface area (Å²) in [6, 6.07) is -0.491. The van der Waals surface area contributed by atoms with Crippen LogP contribution in [-0.4, -0.2) is 46.9 Å². The van der Waals surface area contributed by atoms with Crippen molar-refractivity contribution in [3.8, 4) is 0 Å². The third-order valence-electron chi connectivity index (χ3n) is 4.40. The number of rotatable bonds is 2. The second kappa shape index (κ2) is 5.33. The molecule has 0 saturated carbocycles. The standard InChI is InChI=1S/C18H21NO5/c1-17(2,3)24-16(22)18-10-12(15(21)23-4)13-7-5-6-11(19(13)18)8-9-14(18)20/h5-7,10,13H,8-9H2,1-4H3/t13-,18-/m0/s1. The number of nitrogens with zero attached hydrogens (tertiary/aromatic N) is 1. The first kappa shape index (κ1) is 16.5. The van der Waals surface area contributed by atoms with Gasteiger partial charge in [0.2, 0.25) is 5.54 Å². The molecule has 0 unspecified atom stereocenters. The molecule has 3 aliphatic rings. The van der Waals surface area contributed by atoms with E-state index in [4.69, 9.17) is 9.47 Å². The summed E-state index contributed by atoms with van der Waals surface area (Å²) in [5.74, 6) is -1.45. The van der Waals surface area contributed by atoms with Crippen LogP contribution in [0.3, 0.4) is 0 Å². The number of ketones is 1. The molecular weight excluding hydrogens is 310 g/mol. The van der Waals surface area contributed by atoms with Crippen molar-refractivity contribution in [3.63, 3.8) is 0 Å². The Hall–Kier alpha value is -2.37. The smallest absolute Gasteiger partial charge is 0.344 e. The van der Waals surface area contributed by atoms with Crippen molar-refractivity contribution in [1.29, 1.82) is 0 Å². The number of allylic oxidation sites excluding steroid dienone is 3. The van der Waals surface area contributed by atoms with E-state index in [1.807, 2.05) is 12.2 Å². The molecule has 128 valence electrons. The van der Waals surface area contributed by atoms with E-state index in [2.05, 4.69) is 0 Å². The lowest BCUT2D eigenvalue weighted by Crippen LogP contribution is -2.62. The maximum absolute atomic E-state index is 13.0. The van der Waals surface area contributed by atoms with Crippen LogP contribution in [0.15, 0.2) is 35.6 Å². The first-order valence-electron chi connectivity index (χ1n) is 7.95. The number of carbonyl (C=O) groups is 3. The second-order valence-corrected chi connectivity index (χ2v) is 7.14. The predicted octanol–water partition coefficient (Wildman–Crippen LogP) is 1.67. The van der Waals surface area contributed by atoms with E-state index in [0.717, 1.165) is 5.70 Å². The maximum atomic E-state index is 13.0. The highest BCUT2D eigenvalue weighted by molar-refractivity contribution is 6.14. The van der Waals surface area contributed by atoms with Crippen LogP contribution >= 0.6 is 0 Å². The third-order valence-corrected chi connectivity index (χ3v) is 4.40. The van der Waals surface area contributed by atoms with Gasteiger partial charge in [-0.2, -0.15) is 0 Å². The summed E-state index contributed by atoms with van der Waals surface area (Å²) in [6.45, 7) is 5.25. The Morgan fingerprint density at radius 2 is 2.00 bits per heavy atom. The van der Waals surface area contributed by atoms with Crippen molar-refractivity contribution < 1.29 is 23.9 Å². The van der Waals surface area contributed by atoms with E-state index < -0.39 is 29.1 Å². The number of piperidine rings is 1. The van der Waals surface area contributed by atoms with Gasteiger partial charge in [-0.15, -0.1) is 0 Å². The lowest BCUT2D eigenvalue weighted by Gasteiger charge is -2.45. The first-order valence-corrected chi connectivity index (χ1v) is 7.95. The lowest BCUT2D eigenvalue weighted by atomic mass is 9.84. The van der Waals surface area contributed by atoms with Gasteiger partial charge in [0.25, 0.3) is 0 Å². The summed E-state index contributed by atoms with van der Waals surface area (Å²) in [5.41, 5.74) is -1.18. The zero-order valence-corrected chi connectivity index (χ0v) is 14.3. The van der Waals surface area contributed by atoms with Crippen molar-refractivity contribution in [3.05, 3.63) is 35.6 Å². The van der Waals surface area contributed by atoms with Crippen LogP contribution < -0.4 is 0 Å². The molecule has 6 nitrogen and oxygen atoms in total. The Bertz CT molecular complexity index is 709. The van der Waals surface area contributed by atoms with Crippen LogP contribution in [0.2, 0.25) is 0 Å². The summed E-state index contributed by atoms with van der Waals surface area (Å²) in [7, 11) is 1.28. The van der Waals surface area contributed by atoms with Gasteiger partial charge in [0.1, 0.15) is 5.60 Å². The number of ether oxygens (including phenoxy) is 2. The average Bonchev–Trinajstić information content (AvgIpc) is 2.87. The van der Waals surface area contributed by atoms with Crippen molar-refractivity contribution in [2.75, 3.05) is 7.11 Å². The molecule has 0 aromatic rings. The number of carbonyl (C=O) groups excluding carboxylic acids is 3. The van der Waals surface area contributed by atoms with Crippen LogP contribution in [0.5, 0.6) is 0 Å². The summed E-state index contributed by atoms with van der Waals surface area (Å²) < 4.78 is 10.4. The van der Waals surface area contributed by atoms with Crippen LogP contribution in [0.4, 0.5) is 0 Å². The van der Waals surface area contributed by atoms with Crippen molar-refractivity contribution in [2.24, 2.45) is 0 Å². The normalized spacial score (nSPS) is 28.1. The van der Waals surface area contributed by atoms with Gasteiger partial charge < -0.3 is 14.4 Å². The lowest BCUT2D eigenvalue weighted by molar-refractivity contribution is -0.169. The van der Waals surface area contributed by atoms with E-state index >= 15 is 0 Å². The van der Waals surface area contributed by atoms with E-state index in [-0.39, 0.29) is 12.2 Å². The largest absolute Gasteiger partial charge is 0.466 e. The zero-order chi connectivity index (χ0) is 17.7. The zero-order valence-electron chi connectivity index (χ0n) is 14.3. The minimum Gasteiger partial charge on any atom is -0.466 e. The Balaban J connectivity index is 2.15. The van der Waals surface area contributed by atoms with Crippen LogP contribution in [0.25, 0.3) is 0 Å². The topological polar surface area (TPSA) is 72.9 Å². The minimum atomic E-state index is -1.59. The Kier molecular flexibility index (Phi) is 3.66. The van der Waals surface area contributed by atoms with Gasteiger partial charge in [-0.05, 0) is 39.3 Å². The van der Waals surface area contributed by atoms with E-state index in [0.29, 0.717) is 12.0 Å². The molecule has 0 amide bonds. The highest BCUT2D eigenvalue weighted by Crippen LogP contribution is 2.45. The van der Waals surface area contributed by atoms with Crippen LogP contribution in [0.1, 0.15) is 33.6 Å². The Labute approximate surface area is 140 Å². The summed E-state index contributed by atoms with van der Waals surface area (Å²) in [5, 5.41) is 0. The van der Waals surface area contributed by atoms with E-state index in [1.165, 1.54) is 13.2 Å². The predicted molar refractivity (Wildman–Crippen MR) is 85.8 cm³/mol. The quantitative estimate of drug-likeness (QED) is 0.566. The number of esters is 2. The molecule has 3 rings (SSSR count). The van der Waals surface area contributed by atoms with Gasteiger partial charge in [0, 0.05) is 12.1 Å². The molecule has 1 saturated heterocycles. The van der Waals surface area contributed by atoms with Gasteiger partial charge in [-0.25, -0.2) is 9.59 Å². The highest BCUT2D eigenvalue weighted by Gasteiger charge is 2.61. The second-order valence-electron chi connectivity index (χ2n) is 7.14. The molecule has 0 spiro atoms. The fraction of sp³-hybridized carbons (Fsp3) is 0.500. The molecule has 6 heteroatoms. The summed E-state index contributed by atoms with van der Waals surface area (Å²) >= 11 is 0. The number of methoxy groups -OCH3 is 1. The van der Waals surface area contributed by atoms with E-state index in [9.17, 15) is 14.4 Å². The van der Waals surface area contributed by atoms with Gasteiger partial charge in [-0.1, -0.05) is 12.2 Å². The molecule has 0 N–H and O–H groups in total. The molecule has 0 aromatic carbocycles. The number of hydrogen-bond acceptors (Lipinski definition) is 6. The Morgan fingerprint density at radius 1 is 1.29 bits per heavy atom. The van der Waals surface area contributed by atoms with Crippen LogP contribution in [-0.2, 0) is 23.9 Å². The van der Waals surface area contributed by atoms with Gasteiger partial charge in [0.15, 0.2) is 5.78 Å². The SMILES string of the molecule is COC(=O)C1=C[C@@]2(C(=O)OC(C)(C)C)C(=O)CCC3=CC=C[C@@H]1N32. The molecule has 0 radical (unpaired) electrons. The monoisotopic (exact) mass is 331 g/mol. The van der Waals surface area contributed by atoms with Gasteiger partial charge in [-0.3, -0.25) is 4.79 Å². The van der Waals surface area contributed by atoms with Crippen molar-refractivity contribution >= 4 is 17.7 Å². The third kappa shape index (κ3) is 2.28. The minimum absolute atomic E-state index is 0.229. The fourth-order valence-electron chi connectivity index (χ4n) is 3.46. The molecule has 24 heavy (non-hydrogen) atoms. The highest BCUT2D eigenvalue weighted by atomic mass is 16.6. The summed E-state index contributed by atoms with van der Waals surface area (Å²) in [6.07, 6.45) is 7.70. The van der Waals surface area contributed by atoms with Crippen molar-refractivity contribution in [2.45, 2.75) is 50.8 Å². The summed E-state index contributed by atoms with van der Waals surface area (Å²) in [4.78, 5) is 39.7. The van der Waals surface area contributed by atoms with Gasteiger partial charge >= 0.3 is 11.9 Å². The molecule has 3 heterocycles. The Morgan fingerprint density at radius 3 is 2.62 bits per heavy atom. The molecule has 0 aliphatic carbocycles. The van der Waals surface area contributed by atoms with Crippen molar-refractivity contribution in [1.82, 2.24) is 4.90 Å². The first-order chi connectivity index (χ1) is 11.2. The molecule has 0 aromatic heterocycles.